The van der Waals surface area contributed by atoms with Crippen molar-refractivity contribution in [2.45, 2.75) is 18.8 Å². The van der Waals surface area contributed by atoms with Crippen LogP contribution in [0.2, 0.25) is 0 Å². The molecule has 134 valence electrons. The van der Waals surface area contributed by atoms with Crippen molar-refractivity contribution < 1.29 is 18.0 Å². The smallest absolute Gasteiger partial charge is 0.346 e. The molecule has 2 aliphatic rings. The predicted octanol–water partition coefficient (Wildman–Crippen LogP) is 2.09. The normalized spacial score (nSPS) is 23.5. The third kappa shape index (κ3) is 3.71. The van der Waals surface area contributed by atoms with Crippen LogP contribution in [0.1, 0.15) is 12.0 Å². The van der Waals surface area contributed by atoms with Crippen LogP contribution < -0.4 is 10.2 Å². The van der Waals surface area contributed by atoms with Gasteiger partial charge >= 0.3 is 6.18 Å². The Bertz CT molecular complexity index is 668. The number of fused-ring (bicyclic) bond motifs is 1. The zero-order chi connectivity index (χ0) is 18.0. The van der Waals surface area contributed by atoms with Crippen LogP contribution in [0, 0.1) is 23.2 Å². The van der Waals surface area contributed by atoms with Crippen LogP contribution in [0.15, 0.2) is 24.3 Å². The van der Waals surface area contributed by atoms with E-state index in [1.54, 1.807) is 5.01 Å². The van der Waals surface area contributed by atoms with E-state index in [-0.39, 0.29) is 12.1 Å². The van der Waals surface area contributed by atoms with Crippen molar-refractivity contribution in [3.63, 3.8) is 0 Å². The highest BCUT2D eigenvalue weighted by Crippen LogP contribution is 2.34. The number of rotatable bonds is 4. The number of nitrogens with one attached hydrogen (secondary N) is 1. The predicted molar refractivity (Wildman–Crippen MR) is 87.6 cm³/mol. The fourth-order valence-electron chi connectivity index (χ4n) is 3.50. The van der Waals surface area contributed by atoms with Crippen LogP contribution in [0.25, 0.3) is 0 Å². The van der Waals surface area contributed by atoms with Crippen molar-refractivity contribution in [3.8, 4) is 12.3 Å². The summed E-state index contributed by atoms with van der Waals surface area (Å²) < 4.78 is 38.3. The summed E-state index contributed by atoms with van der Waals surface area (Å²) in [6, 6.07) is 5.13. The van der Waals surface area contributed by atoms with Crippen LogP contribution in [-0.4, -0.2) is 48.8 Å². The van der Waals surface area contributed by atoms with Gasteiger partial charge in [-0.3, -0.25) is 0 Å². The summed E-state index contributed by atoms with van der Waals surface area (Å²) in [6.45, 7) is 2.77. The molecule has 2 fully saturated rings. The van der Waals surface area contributed by atoms with E-state index in [0.29, 0.717) is 44.8 Å². The molecule has 2 unspecified atom stereocenters. The number of hydrazine groups is 1. The number of nitrogens with zero attached hydrogens (tertiary/aromatic N) is 3. The molecular weight excluding hydrogens is 333 g/mol. The SMILES string of the molecule is C#CCNCC1CN(c2ccc(C(F)(F)F)cc2)C2CC[N+](=O)N2C1. The molecular formula is C17H20F3N4O+. The fraction of sp³-hybridized carbons (Fsp3) is 0.529. The Hall–Kier alpha value is -2.27. The average Bonchev–Trinajstić information content (AvgIpc) is 2.95. The number of hydrogen-bond acceptors (Lipinski definition) is 3. The highest BCUT2D eigenvalue weighted by atomic mass is 19.4. The van der Waals surface area contributed by atoms with Gasteiger partial charge in [0.05, 0.1) is 30.0 Å². The Morgan fingerprint density at radius 2 is 2.00 bits per heavy atom. The number of terminal acetylenes is 1. The summed E-state index contributed by atoms with van der Waals surface area (Å²) in [5.41, 5.74) is 0.0224. The molecule has 1 aromatic rings. The van der Waals surface area contributed by atoms with Crippen LogP contribution >= 0.6 is 0 Å². The lowest BCUT2D eigenvalue weighted by Crippen LogP contribution is -2.57. The van der Waals surface area contributed by atoms with Crippen LogP contribution in [0.5, 0.6) is 0 Å². The number of alkyl halides is 3. The van der Waals surface area contributed by atoms with E-state index in [2.05, 4.69) is 11.2 Å². The van der Waals surface area contributed by atoms with E-state index in [9.17, 15) is 18.1 Å². The summed E-state index contributed by atoms with van der Waals surface area (Å²) in [5, 5.41) is 4.90. The largest absolute Gasteiger partial charge is 0.416 e. The maximum atomic E-state index is 12.8. The van der Waals surface area contributed by atoms with Gasteiger partial charge in [0, 0.05) is 24.7 Å². The first kappa shape index (κ1) is 17.5. The van der Waals surface area contributed by atoms with E-state index < -0.39 is 11.7 Å². The maximum absolute atomic E-state index is 12.8. The van der Waals surface area contributed by atoms with Crippen LogP contribution in [0.4, 0.5) is 18.9 Å². The van der Waals surface area contributed by atoms with Crippen molar-refractivity contribution in [2.75, 3.05) is 37.6 Å². The molecule has 1 aromatic carbocycles. The molecule has 0 aromatic heterocycles. The molecule has 8 heteroatoms. The van der Waals surface area contributed by atoms with E-state index in [4.69, 9.17) is 6.42 Å². The van der Waals surface area contributed by atoms with Gasteiger partial charge in [-0.05, 0) is 24.3 Å². The molecule has 0 amide bonds. The van der Waals surface area contributed by atoms with Gasteiger partial charge in [0.25, 0.3) is 0 Å². The van der Waals surface area contributed by atoms with Crippen molar-refractivity contribution in [1.82, 2.24) is 10.3 Å². The summed E-state index contributed by atoms with van der Waals surface area (Å²) in [5.74, 6) is 2.66. The molecule has 0 spiro atoms. The van der Waals surface area contributed by atoms with Crippen molar-refractivity contribution in [1.29, 1.82) is 0 Å². The molecule has 2 aliphatic heterocycles. The van der Waals surface area contributed by atoms with Crippen LogP contribution in [-0.2, 0) is 6.18 Å². The number of halogens is 3. The lowest BCUT2D eigenvalue weighted by atomic mass is 10.0. The molecule has 2 saturated heterocycles. The first-order chi connectivity index (χ1) is 11.9. The molecule has 0 aliphatic carbocycles. The Morgan fingerprint density at radius 3 is 2.64 bits per heavy atom. The third-order valence-corrected chi connectivity index (χ3v) is 4.66. The second-order valence-corrected chi connectivity index (χ2v) is 6.37. The minimum Gasteiger partial charge on any atom is -0.346 e. The second-order valence-electron chi connectivity index (χ2n) is 6.37. The van der Waals surface area contributed by atoms with E-state index in [0.717, 1.165) is 17.0 Å². The molecule has 0 saturated carbocycles. The summed E-state index contributed by atoms with van der Waals surface area (Å²) in [7, 11) is 0. The lowest BCUT2D eigenvalue weighted by Gasteiger charge is -2.40. The Balaban J connectivity index is 1.80. The van der Waals surface area contributed by atoms with E-state index in [1.165, 1.54) is 12.1 Å². The highest BCUT2D eigenvalue weighted by Gasteiger charge is 2.47. The number of nitroso groups, excluding NO2 is 1. The second kappa shape index (κ2) is 6.92. The first-order valence-electron chi connectivity index (χ1n) is 8.19. The van der Waals surface area contributed by atoms with Crippen molar-refractivity contribution in [3.05, 3.63) is 34.7 Å². The number of hydrogen-bond donors (Lipinski definition) is 1. The quantitative estimate of drug-likeness (QED) is 0.511. The molecule has 0 radical (unpaired) electrons. The van der Waals surface area contributed by atoms with Gasteiger partial charge in [0.1, 0.15) is 4.87 Å². The first-order valence-corrected chi connectivity index (χ1v) is 8.19. The lowest BCUT2D eigenvalue weighted by molar-refractivity contribution is -0.692. The molecule has 1 N–H and O–H groups in total. The topological polar surface area (TPSA) is 38.6 Å². The monoisotopic (exact) mass is 353 g/mol. The van der Waals surface area contributed by atoms with E-state index >= 15 is 0 Å². The number of benzene rings is 1. The third-order valence-electron chi connectivity index (χ3n) is 4.66. The van der Waals surface area contributed by atoms with Gasteiger partial charge in [-0.25, -0.2) is 0 Å². The molecule has 5 nitrogen and oxygen atoms in total. The van der Waals surface area contributed by atoms with Crippen molar-refractivity contribution in [2.24, 2.45) is 5.92 Å². The van der Waals surface area contributed by atoms with Crippen molar-refractivity contribution >= 4 is 5.69 Å². The zero-order valence-corrected chi connectivity index (χ0v) is 13.7. The summed E-state index contributed by atoms with van der Waals surface area (Å²) >= 11 is 0. The Morgan fingerprint density at radius 1 is 1.28 bits per heavy atom. The molecule has 25 heavy (non-hydrogen) atoms. The minimum atomic E-state index is -4.35. The molecule has 3 rings (SSSR count). The summed E-state index contributed by atoms with van der Waals surface area (Å²) in [4.78, 5) is 15.0. The number of anilines is 1. The van der Waals surface area contributed by atoms with Gasteiger partial charge in [-0.1, -0.05) is 5.92 Å². The molecule has 2 heterocycles. The van der Waals surface area contributed by atoms with Gasteiger partial charge in [0.15, 0.2) is 6.17 Å². The van der Waals surface area contributed by atoms with Gasteiger partial charge in [0.2, 0.25) is 6.54 Å². The molecule has 2 atom stereocenters. The summed E-state index contributed by atoms with van der Waals surface area (Å²) in [6.07, 6.45) is 1.43. The van der Waals surface area contributed by atoms with Crippen LogP contribution in [0.3, 0.4) is 0 Å². The van der Waals surface area contributed by atoms with Gasteiger partial charge < -0.3 is 10.2 Å². The maximum Gasteiger partial charge on any atom is 0.416 e. The van der Waals surface area contributed by atoms with E-state index in [1.807, 2.05) is 4.90 Å². The average molecular weight is 353 g/mol. The van der Waals surface area contributed by atoms with Gasteiger partial charge in [-0.2, -0.15) is 13.2 Å². The Kier molecular flexibility index (Phi) is 4.86. The fourth-order valence-corrected chi connectivity index (χ4v) is 3.50. The molecule has 0 bridgehead atoms. The highest BCUT2D eigenvalue weighted by molar-refractivity contribution is 5.49. The minimum absolute atomic E-state index is 0.113. The standard InChI is InChI=1S/C17H20F3N4O/c1-2-8-21-10-13-11-22(16-7-9-24(25)23(16)12-13)15-5-3-14(4-6-15)17(18,19)20/h1,3-6,13,16,21H,7-12H2/q+1. The zero-order valence-electron chi connectivity index (χ0n) is 13.7. The van der Waals surface area contributed by atoms with Gasteiger partial charge in [-0.15, -0.1) is 11.4 Å². The Labute approximate surface area is 144 Å².